The number of pyridine rings is 1. The number of aromatic nitrogens is 1. The zero-order valence-electron chi connectivity index (χ0n) is 15.6. The molecular formula is C23H19N3O3. The van der Waals surface area contributed by atoms with E-state index in [-0.39, 0.29) is 18.4 Å². The molecule has 0 N–H and O–H groups in total. The van der Waals surface area contributed by atoms with Gasteiger partial charge < -0.3 is 0 Å². The summed E-state index contributed by atoms with van der Waals surface area (Å²) in [6.07, 6.45) is 2.55. The van der Waals surface area contributed by atoms with E-state index in [1.165, 1.54) is 4.90 Å². The number of nitrogens with zero attached hydrogens (tertiary/aromatic N) is 3. The van der Waals surface area contributed by atoms with Gasteiger partial charge >= 0.3 is 0 Å². The first-order valence-electron chi connectivity index (χ1n) is 9.54. The number of anilines is 1. The van der Waals surface area contributed by atoms with Crippen molar-refractivity contribution in [3.05, 3.63) is 96.3 Å². The molecule has 5 rings (SSSR count). The van der Waals surface area contributed by atoms with Gasteiger partial charge in [0.1, 0.15) is 5.92 Å². The lowest BCUT2D eigenvalue weighted by molar-refractivity contribution is -0.143. The molecule has 2 saturated heterocycles. The Morgan fingerprint density at radius 3 is 2.17 bits per heavy atom. The Bertz CT molecular complexity index is 1030. The average molecular weight is 385 g/mol. The first-order valence-corrected chi connectivity index (χ1v) is 9.54. The molecule has 3 atom stereocenters. The van der Waals surface area contributed by atoms with E-state index in [1.54, 1.807) is 17.5 Å². The van der Waals surface area contributed by atoms with Crippen LogP contribution in [0.5, 0.6) is 0 Å². The summed E-state index contributed by atoms with van der Waals surface area (Å²) in [6.45, 7) is 0.253. The minimum Gasteiger partial charge on any atom is -0.275 e. The molecule has 2 aliphatic heterocycles. The molecular weight excluding hydrogens is 366 g/mol. The highest BCUT2D eigenvalue weighted by Gasteiger charge is 2.59. The molecule has 3 heterocycles. The van der Waals surface area contributed by atoms with Gasteiger partial charge in [0.25, 0.3) is 5.91 Å². The zero-order valence-corrected chi connectivity index (χ0v) is 15.6. The third-order valence-electron chi connectivity index (χ3n) is 5.45. The van der Waals surface area contributed by atoms with Gasteiger partial charge in [-0.25, -0.2) is 5.06 Å². The second-order valence-electron chi connectivity index (χ2n) is 7.19. The van der Waals surface area contributed by atoms with Crippen LogP contribution in [0.1, 0.15) is 17.2 Å². The van der Waals surface area contributed by atoms with E-state index in [0.717, 1.165) is 16.8 Å². The fourth-order valence-electron chi connectivity index (χ4n) is 4.09. The van der Waals surface area contributed by atoms with Crippen LogP contribution in [0.4, 0.5) is 5.69 Å². The number of amides is 2. The molecule has 0 unspecified atom stereocenters. The number of imide groups is 1. The lowest BCUT2D eigenvalue weighted by Crippen LogP contribution is -2.36. The van der Waals surface area contributed by atoms with Crippen molar-refractivity contribution >= 4 is 17.5 Å². The molecule has 6 nitrogen and oxygen atoms in total. The van der Waals surface area contributed by atoms with Crippen molar-refractivity contribution in [3.63, 3.8) is 0 Å². The maximum absolute atomic E-state index is 13.3. The molecule has 0 aliphatic carbocycles. The lowest BCUT2D eigenvalue weighted by Gasteiger charge is -2.28. The molecule has 2 fully saturated rings. The molecule has 3 aromatic rings. The quantitative estimate of drug-likeness (QED) is 0.646. The molecule has 1 aromatic heterocycles. The van der Waals surface area contributed by atoms with Crippen LogP contribution >= 0.6 is 0 Å². The van der Waals surface area contributed by atoms with Crippen LogP contribution in [-0.2, 0) is 21.0 Å². The van der Waals surface area contributed by atoms with Crippen molar-refractivity contribution in [1.82, 2.24) is 9.88 Å². The standard InChI is InChI=1S/C23H19N3O3/c27-22-19-20(17-11-13-24-14-12-17)26(18-9-5-2-6-10-18)29-21(19)23(28)25(22)15-16-7-3-1-4-8-16/h1-14,19-21H,15H2/t19-,20-,21+/m0/s1. The minimum absolute atomic E-state index is 0.205. The molecule has 0 radical (unpaired) electrons. The lowest BCUT2D eigenvalue weighted by atomic mass is 9.91. The summed E-state index contributed by atoms with van der Waals surface area (Å²) in [4.78, 5) is 37.9. The monoisotopic (exact) mass is 385 g/mol. The van der Waals surface area contributed by atoms with Crippen molar-refractivity contribution in [1.29, 1.82) is 0 Å². The second kappa shape index (κ2) is 7.14. The second-order valence-corrected chi connectivity index (χ2v) is 7.19. The number of likely N-dealkylation sites (tertiary alicyclic amines) is 1. The normalized spacial score (nSPS) is 23.5. The maximum Gasteiger partial charge on any atom is 0.262 e. The predicted octanol–water partition coefficient (Wildman–Crippen LogP) is 3.13. The first-order chi connectivity index (χ1) is 14.2. The summed E-state index contributed by atoms with van der Waals surface area (Å²) < 4.78 is 0. The summed E-state index contributed by atoms with van der Waals surface area (Å²) in [6, 6.07) is 22.4. The van der Waals surface area contributed by atoms with Crippen LogP contribution in [0, 0.1) is 5.92 Å². The highest BCUT2D eigenvalue weighted by molar-refractivity contribution is 6.07. The molecule has 0 spiro atoms. The summed E-state index contributed by atoms with van der Waals surface area (Å²) in [5, 5.41) is 1.69. The largest absolute Gasteiger partial charge is 0.275 e. The van der Waals surface area contributed by atoms with Gasteiger partial charge in [-0.2, -0.15) is 0 Å². The van der Waals surface area contributed by atoms with E-state index in [2.05, 4.69) is 4.98 Å². The molecule has 144 valence electrons. The van der Waals surface area contributed by atoms with Crippen molar-refractivity contribution in [3.8, 4) is 0 Å². The predicted molar refractivity (Wildman–Crippen MR) is 106 cm³/mol. The first kappa shape index (κ1) is 17.6. The van der Waals surface area contributed by atoms with Crippen molar-refractivity contribution in [2.75, 3.05) is 5.06 Å². The fraction of sp³-hybridized carbons (Fsp3) is 0.174. The Labute approximate surface area is 168 Å². The third-order valence-corrected chi connectivity index (χ3v) is 5.45. The van der Waals surface area contributed by atoms with Crippen LogP contribution in [-0.4, -0.2) is 27.8 Å². The molecule has 29 heavy (non-hydrogen) atoms. The van der Waals surface area contributed by atoms with E-state index in [9.17, 15) is 9.59 Å². The molecule has 0 saturated carbocycles. The molecule has 0 bridgehead atoms. The van der Waals surface area contributed by atoms with E-state index >= 15 is 0 Å². The van der Waals surface area contributed by atoms with Crippen molar-refractivity contribution in [2.45, 2.75) is 18.7 Å². The summed E-state index contributed by atoms with van der Waals surface area (Å²) >= 11 is 0. The van der Waals surface area contributed by atoms with E-state index in [0.29, 0.717) is 0 Å². The third kappa shape index (κ3) is 2.98. The smallest absolute Gasteiger partial charge is 0.262 e. The van der Waals surface area contributed by atoms with Crippen LogP contribution in [0.2, 0.25) is 0 Å². The summed E-state index contributed by atoms with van der Waals surface area (Å²) in [5.41, 5.74) is 2.60. The Morgan fingerprint density at radius 1 is 0.828 bits per heavy atom. The van der Waals surface area contributed by atoms with Gasteiger partial charge in [-0.15, -0.1) is 0 Å². The SMILES string of the molecule is O=C1[C@@H]2[C@@H](ON(c3ccccc3)[C@H]2c2ccncc2)C(=O)N1Cc1ccccc1. The number of carbonyl (C=O) groups is 2. The number of hydrogen-bond donors (Lipinski definition) is 0. The average Bonchev–Trinajstić information content (AvgIpc) is 3.28. The summed E-state index contributed by atoms with van der Waals surface area (Å²) in [5.74, 6) is -1.10. The van der Waals surface area contributed by atoms with Crippen LogP contribution in [0.15, 0.2) is 85.2 Å². The molecule has 2 amide bonds. The van der Waals surface area contributed by atoms with E-state index in [4.69, 9.17) is 4.84 Å². The maximum atomic E-state index is 13.3. The number of fused-ring (bicyclic) bond motifs is 1. The van der Waals surface area contributed by atoms with Gasteiger partial charge in [0, 0.05) is 12.4 Å². The Kier molecular flexibility index (Phi) is 4.33. The number of hydrogen-bond acceptors (Lipinski definition) is 5. The minimum atomic E-state index is -0.829. The van der Waals surface area contributed by atoms with Crippen LogP contribution in [0.3, 0.4) is 0 Å². The highest BCUT2D eigenvalue weighted by atomic mass is 16.7. The van der Waals surface area contributed by atoms with Gasteiger partial charge in [0.15, 0.2) is 6.10 Å². The number of para-hydroxylation sites is 1. The molecule has 2 aromatic carbocycles. The van der Waals surface area contributed by atoms with E-state index < -0.39 is 18.1 Å². The van der Waals surface area contributed by atoms with Gasteiger partial charge in [-0.3, -0.25) is 24.3 Å². The number of carbonyl (C=O) groups excluding carboxylic acids is 2. The molecule has 2 aliphatic rings. The Balaban J connectivity index is 1.52. The van der Waals surface area contributed by atoms with Crippen molar-refractivity contribution in [2.24, 2.45) is 5.92 Å². The van der Waals surface area contributed by atoms with Gasteiger partial charge in [0.2, 0.25) is 5.91 Å². The summed E-state index contributed by atoms with van der Waals surface area (Å²) in [7, 11) is 0. The topological polar surface area (TPSA) is 62.7 Å². The number of hydroxylamine groups is 1. The van der Waals surface area contributed by atoms with Crippen molar-refractivity contribution < 1.29 is 14.4 Å². The zero-order chi connectivity index (χ0) is 19.8. The van der Waals surface area contributed by atoms with Crippen LogP contribution < -0.4 is 5.06 Å². The number of benzene rings is 2. The Morgan fingerprint density at radius 2 is 1.48 bits per heavy atom. The number of rotatable bonds is 4. The van der Waals surface area contributed by atoms with Crippen LogP contribution in [0.25, 0.3) is 0 Å². The van der Waals surface area contributed by atoms with Gasteiger partial charge in [0.05, 0.1) is 18.3 Å². The highest BCUT2D eigenvalue weighted by Crippen LogP contribution is 2.46. The van der Waals surface area contributed by atoms with E-state index in [1.807, 2.05) is 72.8 Å². The Hall–Kier alpha value is -3.51. The van der Waals surface area contributed by atoms with Gasteiger partial charge in [-0.05, 0) is 35.4 Å². The molecule has 6 heteroatoms. The fourth-order valence-corrected chi connectivity index (χ4v) is 4.09. The van der Waals surface area contributed by atoms with Gasteiger partial charge in [-0.1, -0.05) is 48.5 Å².